The normalized spacial score (nSPS) is 17.3. The van der Waals surface area contributed by atoms with Gasteiger partial charge >= 0.3 is 5.97 Å². The van der Waals surface area contributed by atoms with Crippen molar-refractivity contribution in [3.63, 3.8) is 0 Å². The molecule has 1 amide bonds. The number of rotatable bonds is 5. The van der Waals surface area contributed by atoms with Crippen LogP contribution in [0.1, 0.15) is 32.1 Å². The third-order valence-electron chi connectivity index (χ3n) is 3.07. The van der Waals surface area contributed by atoms with Gasteiger partial charge in [-0.2, -0.15) is 0 Å². The lowest BCUT2D eigenvalue weighted by molar-refractivity contribution is -0.139. The molecule has 1 aliphatic heterocycles. The summed E-state index contributed by atoms with van der Waals surface area (Å²) in [6, 6.07) is 0. The number of amides is 1. The van der Waals surface area contributed by atoms with Gasteiger partial charge in [-0.1, -0.05) is 23.8 Å². The van der Waals surface area contributed by atoms with Crippen LogP contribution in [0.15, 0.2) is 48.2 Å². The number of aliphatic carboxylic acids is 1. The van der Waals surface area contributed by atoms with Gasteiger partial charge in [0.1, 0.15) is 12.0 Å². The average Bonchev–Trinajstić information content (AvgIpc) is 2.46. The van der Waals surface area contributed by atoms with Gasteiger partial charge in [-0.25, -0.2) is 0 Å². The minimum atomic E-state index is -0.973. The maximum absolute atomic E-state index is 11.8. The topological polar surface area (TPSA) is 66.8 Å². The van der Waals surface area contributed by atoms with E-state index in [1.165, 1.54) is 22.9 Å². The minimum absolute atomic E-state index is 0.0190. The molecule has 2 rings (SSSR count). The molecule has 20 heavy (non-hydrogen) atoms. The van der Waals surface area contributed by atoms with Gasteiger partial charge in [0.25, 0.3) is 0 Å². The third-order valence-corrected chi connectivity index (χ3v) is 3.07. The molecular formula is C15H17NO4. The summed E-state index contributed by atoms with van der Waals surface area (Å²) in [5, 5.41) is 8.59. The molecule has 0 unspecified atom stereocenters. The number of allylic oxidation sites excluding steroid dienone is 4. The van der Waals surface area contributed by atoms with E-state index in [1.807, 2.05) is 6.08 Å². The van der Waals surface area contributed by atoms with Gasteiger partial charge in [-0.15, -0.1) is 0 Å². The van der Waals surface area contributed by atoms with Crippen LogP contribution in [-0.2, 0) is 14.3 Å². The summed E-state index contributed by atoms with van der Waals surface area (Å²) in [5.41, 5.74) is 1.26. The summed E-state index contributed by atoms with van der Waals surface area (Å²) in [4.78, 5) is 23.7. The lowest BCUT2D eigenvalue weighted by atomic mass is 10.0. The lowest BCUT2D eigenvalue weighted by Gasteiger charge is -2.20. The van der Waals surface area contributed by atoms with Crippen molar-refractivity contribution in [2.45, 2.75) is 32.1 Å². The Labute approximate surface area is 117 Å². The second-order valence-electron chi connectivity index (χ2n) is 4.66. The number of hydrogen-bond donors (Lipinski definition) is 1. The Balaban J connectivity index is 1.94. The molecule has 0 atom stereocenters. The zero-order valence-electron chi connectivity index (χ0n) is 11.1. The highest BCUT2D eigenvalue weighted by Gasteiger charge is 2.16. The highest BCUT2D eigenvalue weighted by molar-refractivity contribution is 5.82. The smallest absolute Gasteiger partial charge is 0.303 e. The molecule has 0 saturated heterocycles. The van der Waals surface area contributed by atoms with Crippen molar-refractivity contribution in [2.75, 3.05) is 0 Å². The Morgan fingerprint density at radius 3 is 2.90 bits per heavy atom. The van der Waals surface area contributed by atoms with Crippen LogP contribution in [0.2, 0.25) is 0 Å². The van der Waals surface area contributed by atoms with E-state index < -0.39 is 5.97 Å². The fourth-order valence-electron chi connectivity index (χ4n) is 2.02. The van der Waals surface area contributed by atoms with E-state index in [-0.39, 0.29) is 18.7 Å². The number of carboxylic acids is 1. The Bertz CT molecular complexity index is 514. The molecule has 0 bridgehead atoms. The number of carbonyl (C=O) groups is 2. The summed E-state index contributed by atoms with van der Waals surface area (Å²) in [5.74, 6) is -0.529. The molecule has 0 aromatic carbocycles. The summed E-state index contributed by atoms with van der Waals surface area (Å²) in [6.07, 6.45) is 13.3. The highest BCUT2D eigenvalue weighted by Crippen LogP contribution is 2.23. The number of carboxylic acid groups (broad SMARTS) is 1. The van der Waals surface area contributed by atoms with Crippen molar-refractivity contribution < 1.29 is 19.4 Å². The minimum Gasteiger partial charge on any atom is -0.481 e. The van der Waals surface area contributed by atoms with Gasteiger partial charge in [-0.3, -0.25) is 14.5 Å². The molecule has 0 saturated carbocycles. The van der Waals surface area contributed by atoms with Crippen LogP contribution in [0.5, 0.6) is 0 Å². The molecule has 2 aliphatic rings. The van der Waals surface area contributed by atoms with E-state index in [9.17, 15) is 9.59 Å². The van der Waals surface area contributed by atoms with E-state index >= 15 is 0 Å². The Morgan fingerprint density at radius 2 is 2.20 bits per heavy atom. The van der Waals surface area contributed by atoms with Gasteiger partial charge in [0, 0.05) is 19.0 Å². The fraction of sp³-hybridized carbons (Fsp3) is 0.333. The molecule has 5 heteroatoms. The number of carbonyl (C=O) groups excluding carboxylic acids is 1. The zero-order valence-corrected chi connectivity index (χ0v) is 11.1. The SMILES string of the molecule is O=C(O)CCC(=O)N1C=COC(CC2=CC=CCC2)=C1. The molecule has 1 aliphatic carbocycles. The van der Waals surface area contributed by atoms with Gasteiger partial charge in [0.05, 0.1) is 12.6 Å². The van der Waals surface area contributed by atoms with E-state index in [2.05, 4.69) is 12.2 Å². The van der Waals surface area contributed by atoms with Gasteiger partial charge in [-0.05, 0) is 12.8 Å². The van der Waals surface area contributed by atoms with Gasteiger partial charge in [0.2, 0.25) is 5.91 Å². The molecule has 0 aromatic heterocycles. The monoisotopic (exact) mass is 275 g/mol. The first-order valence-electron chi connectivity index (χ1n) is 6.57. The van der Waals surface area contributed by atoms with E-state index in [0.717, 1.165) is 12.8 Å². The molecule has 0 aromatic rings. The molecule has 1 heterocycles. The van der Waals surface area contributed by atoms with Crippen molar-refractivity contribution in [3.8, 4) is 0 Å². The average molecular weight is 275 g/mol. The molecule has 5 nitrogen and oxygen atoms in total. The van der Waals surface area contributed by atoms with Crippen LogP contribution in [-0.4, -0.2) is 21.9 Å². The molecular weight excluding hydrogens is 258 g/mol. The highest BCUT2D eigenvalue weighted by atomic mass is 16.5. The van der Waals surface area contributed by atoms with Crippen molar-refractivity contribution in [3.05, 3.63) is 48.2 Å². The van der Waals surface area contributed by atoms with Crippen LogP contribution < -0.4 is 0 Å². The summed E-state index contributed by atoms with van der Waals surface area (Å²) in [6.45, 7) is 0. The maximum atomic E-state index is 11.8. The molecule has 0 spiro atoms. The van der Waals surface area contributed by atoms with Crippen LogP contribution >= 0.6 is 0 Å². The van der Waals surface area contributed by atoms with Crippen LogP contribution in [0.4, 0.5) is 0 Å². The van der Waals surface area contributed by atoms with Crippen molar-refractivity contribution in [2.24, 2.45) is 0 Å². The molecule has 1 N–H and O–H groups in total. The molecule has 106 valence electrons. The molecule has 0 fully saturated rings. The quantitative estimate of drug-likeness (QED) is 0.837. The summed E-state index contributed by atoms with van der Waals surface area (Å²) < 4.78 is 5.39. The predicted molar refractivity (Wildman–Crippen MR) is 73.1 cm³/mol. The first-order valence-corrected chi connectivity index (χ1v) is 6.57. The third kappa shape index (κ3) is 4.12. The van der Waals surface area contributed by atoms with Gasteiger partial charge in [0.15, 0.2) is 0 Å². The second kappa shape index (κ2) is 6.75. The zero-order chi connectivity index (χ0) is 14.4. The Kier molecular flexibility index (Phi) is 4.76. The lowest BCUT2D eigenvalue weighted by Crippen LogP contribution is -2.23. The largest absolute Gasteiger partial charge is 0.481 e. The maximum Gasteiger partial charge on any atom is 0.303 e. The van der Waals surface area contributed by atoms with Gasteiger partial charge < -0.3 is 9.84 Å². The van der Waals surface area contributed by atoms with E-state index in [0.29, 0.717) is 12.2 Å². The summed E-state index contributed by atoms with van der Waals surface area (Å²) in [7, 11) is 0. The van der Waals surface area contributed by atoms with Crippen LogP contribution in [0.25, 0.3) is 0 Å². The summed E-state index contributed by atoms with van der Waals surface area (Å²) >= 11 is 0. The standard InChI is InChI=1S/C15H17NO4/c17-14(6-7-15(18)19)16-8-9-20-13(11-16)10-12-4-2-1-3-5-12/h1-2,4,8-9,11H,3,5-7,10H2,(H,18,19). The van der Waals surface area contributed by atoms with Crippen LogP contribution in [0, 0.1) is 0 Å². The Morgan fingerprint density at radius 1 is 1.35 bits per heavy atom. The van der Waals surface area contributed by atoms with E-state index in [1.54, 1.807) is 6.20 Å². The van der Waals surface area contributed by atoms with Crippen molar-refractivity contribution in [1.82, 2.24) is 4.90 Å². The van der Waals surface area contributed by atoms with Crippen molar-refractivity contribution >= 4 is 11.9 Å². The predicted octanol–water partition coefficient (Wildman–Crippen LogP) is 2.69. The first kappa shape index (κ1) is 14.1. The number of ether oxygens (including phenoxy) is 1. The first-order chi connectivity index (χ1) is 9.65. The Hall–Kier alpha value is -2.30. The van der Waals surface area contributed by atoms with Crippen LogP contribution in [0.3, 0.4) is 0 Å². The fourth-order valence-corrected chi connectivity index (χ4v) is 2.02. The molecule has 0 radical (unpaired) electrons. The number of hydrogen-bond acceptors (Lipinski definition) is 3. The number of nitrogens with zero attached hydrogens (tertiary/aromatic N) is 1. The van der Waals surface area contributed by atoms with E-state index in [4.69, 9.17) is 9.84 Å². The van der Waals surface area contributed by atoms with Crippen molar-refractivity contribution in [1.29, 1.82) is 0 Å². The second-order valence-corrected chi connectivity index (χ2v) is 4.66.